The molecule has 0 bridgehead atoms. The van der Waals surface area contributed by atoms with E-state index in [0.29, 0.717) is 69.8 Å². The first kappa shape index (κ1) is 44.3. The quantitative estimate of drug-likeness (QED) is 0.0522. The number of ether oxygens (including phenoxy) is 4. The molecule has 0 aliphatic carbocycles. The van der Waals surface area contributed by atoms with Gasteiger partial charge in [-0.2, -0.15) is 9.97 Å². The smallest absolute Gasteiger partial charge is 0.373 e. The molecule has 0 radical (unpaired) electrons. The molecule has 2 saturated heterocycles. The number of hydrogen-bond donors (Lipinski definition) is 1. The maximum Gasteiger partial charge on any atom is 0.373 e. The van der Waals surface area contributed by atoms with Gasteiger partial charge in [-0.1, -0.05) is 34.1 Å². The first-order valence-electron chi connectivity index (χ1n) is 19.3. The van der Waals surface area contributed by atoms with E-state index in [9.17, 15) is 39.7 Å². The molecule has 3 aromatic carbocycles. The van der Waals surface area contributed by atoms with E-state index in [4.69, 9.17) is 18.9 Å². The van der Waals surface area contributed by atoms with Gasteiger partial charge in [0.05, 0.1) is 33.9 Å². The Hall–Kier alpha value is -7.29. The summed E-state index contributed by atoms with van der Waals surface area (Å²) in [7, 11) is 0. The first-order chi connectivity index (χ1) is 29.9. The zero-order chi connectivity index (χ0) is 44.2. The molecule has 1 N–H and O–H groups in total. The Labute approximate surface area is 361 Å². The monoisotopic (exact) mass is 914 g/mol. The number of carbonyl (C=O) groups excluding carboxylic acids is 2. The number of esters is 2. The molecule has 0 saturated carbocycles. The average Bonchev–Trinajstić information content (AvgIpc) is 3.28. The van der Waals surface area contributed by atoms with Gasteiger partial charge in [0.1, 0.15) is 29.9 Å². The maximum absolute atomic E-state index is 12.2. The summed E-state index contributed by atoms with van der Waals surface area (Å²) in [6, 6.07) is 21.4. The SMILES string of the molecule is CCOC(=O)C1CCN(c2ncnc(Oc3ccc(Br)cc3)c2[N+](=O)[O-])CC1.O=C(Oc1ccc(Oc2ncnc(N3CCC(C(=O)O)CC3)c2[N+](=O)[O-])cc1)c1ccccc1. The van der Waals surface area contributed by atoms with Crippen molar-refractivity contribution < 1.29 is 48.3 Å². The number of anilines is 2. The number of carboxylic acid groups (broad SMARTS) is 1. The molecule has 20 nitrogen and oxygen atoms in total. The van der Waals surface area contributed by atoms with E-state index in [1.165, 1.54) is 30.6 Å². The Bertz CT molecular complexity index is 2380. The van der Waals surface area contributed by atoms with Gasteiger partial charge in [0, 0.05) is 30.7 Å². The zero-order valence-corrected chi connectivity index (χ0v) is 34.7. The van der Waals surface area contributed by atoms with Crippen molar-refractivity contribution in [3.05, 3.63) is 122 Å². The van der Waals surface area contributed by atoms with Gasteiger partial charge in [0.2, 0.25) is 11.6 Å². The molecule has 7 rings (SSSR count). The van der Waals surface area contributed by atoms with Crippen LogP contribution in [0.3, 0.4) is 0 Å². The highest BCUT2D eigenvalue weighted by Crippen LogP contribution is 2.39. The van der Waals surface area contributed by atoms with Crippen LogP contribution in [0.1, 0.15) is 43.0 Å². The molecule has 0 unspecified atom stereocenters. The highest BCUT2D eigenvalue weighted by molar-refractivity contribution is 9.10. The van der Waals surface area contributed by atoms with E-state index in [1.807, 2.05) is 0 Å². The fourth-order valence-corrected chi connectivity index (χ4v) is 6.87. The molecular formula is C41H39BrN8O12. The summed E-state index contributed by atoms with van der Waals surface area (Å²) in [6.45, 7) is 3.65. The van der Waals surface area contributed by atoms with Gasteiger partial charge in [0.25, 0.3) is 0 Å². The summed E-state index contributed by atoms with van der Waals surface area (Å²) in [6.07, 6.45) is 4.21. The van der Waals surface area contributed by atoms with Crippen LogP contribution >= 0.6 is 15.9 Å². The van der Waals surface area contributed by atoms with Crippen LogP contribution < -0.4 is 24.0 Å². The standard InChI is InChI=1S/C23H20N4O7.C18H19BrN4O5/c28-22(29)15-10-12-26(13-11-15)20-19(27(31)32)21(25-14-24-20)33-17-6-8-18(9-7-17)34-23(30)16-4-2-1-3-5-16;1-2-27-18(24)12-7-9-22(10-8-12)16-15(23(25)26)17(21-11-20-16)28-14-5-3-13(19)4-6-14/h1-9,14-15H,10-13H2,(H,28,29);3-6,11-12H,2,7-10H2,1H3. The van der Waals surface area contributed by atoms with Crippen LogP contribution in [0, 0.1) is 32.1 Å². The Kier molecular flexibility index (Phi) is 14.8. The predicted molar refractivity (Wildman–Crippen MR) is 224 cm³/mol. The fourth-order valence-electron chi connectivity index (χ4n) is 6.61. The summed E-state index contributed by atoms with van der Waals surface area (Å²) in [5, 5.41) is 32.7. The third-order valence-corrected chi connectivity index (χ3v) is 10.3. The topological polar surface area (TPSA) is 253 Å². The number of carbonyl (C=O) groups is 3. The summed E-state index contributed by atoms with van der Waals surface area (Å²) in [5.41, 5.74) is -0.296. The van der Waals surface area contributed by atoms with E-state index in [0.717, 1.165) is 10.8 Å². The average molecular weight is 916 g/mol. The van der Waals surface area contributed by atoms with Crippen LogP contribution in [-0.2, 0) is 14.3 Å². The van der Waals surface area contributed by atoms with Crippen LogP contribution in [-0.4, -0.2) is 85.6 Å². The first-order valence-corrected chi connectivity index (χ1v) is 20.1. The van der Waals surface area contributed by atoms with Gasteiger partial charge in [-0.15, -0.1) is 0 Å². The number of benzene rings is 3. The van der Waals surface area contributed by atoms with Crippen molar-refractivity contribution in [2.24, 2.45) is 11.8 Å². The lowest BCUT2D eigenvalue weighted by Gasteiger charge is -2.31. The molecule has 2 aliphatic heterocycles. The van der Waals surface area contributed by atoms with E-state index in [1.54, 1.807) is 71.3 Å². The van der Waals surface area contributed by atoms with Gasteiger partial charge < -0.3 is 33.9 Å². The van der Waals surface area contributed by atoms with E-state index < -0.39 is 33.4 Å². The third-order valence-electron chi connectivity index (χ3n) is 9.75. The number of aliphatic carboxylic acids is 1. The van der Waals surface area contributed by atoms with Crippen LogP contribution in [0.25, 0.3) is 0 Å². The van der Waals surface area contributed by atoms with Crippen molar-refractivity contribution in [2.45, 2.75) is 32.6 Å². The van der Waals surface area contributed by atoms with Crippen molar-refractivity contribution >= 4 is 56.8 Å². The van der Waals surface area contributed by atoms with E-state index in [2.05, 4.69) is 35.9 Å². The van der Waals surface area contributed by atoms with Crippen LogP contribution in [0.15, 0.2) is 96.0 Å². The predicted octanol–water partition coefficient (Wildman–Crippen LogP) is 7.42. The minimum atomic E-state index is -0.876. The van der Waals surface area contributed by atoms with Crippen molar-refractivity contribution in [1.82, 2.24) is 19.9 Å². The van der Waals surface area contributed by atoms with Gasteiger partial charge in [-0.05, 0) is 93.3 Å². The number of rotatable bonds is 13. The van der Waals surface area contributed by atoms with Crippen LogP contribution in [0.2, 0.25) is 0 Å². The molecule has 0 amide bonds. The number of aromatic nitrogens is 4. The normalized spacial score (nSPS) is 14.2. The van der Waals surface area contributed by atoms with Gasteiger partial charge >= 0.3 is 41.0 Å². The van der Waals surface area contributed by atoms with Crippen molar-refractivity contribution in [3.63, 3.8) is 0 Å². The third kappa shape index (κ3) is 11.3. The van der Waals surface area contributed by atoms with Crippen LogP contribution in [0.5, 0.6) is 29.0 Å². The van der Waals surface area contributed by atoms with Crippen molar-refractivity contribution in [1.29, 1.82) is 0 Å². The Balaban J connectivity index is 0.000000211. The number of halogens is 1. The molecule has 0 atom stereocenters. The van der Waals surface area contributed by atoms with Crippen molar-refractivity contribution in [2.75, 3.05) is 42.6 Å². The highest BCUT2D eigenvalue weighted by Gasteiger charge is 2.34. The molecule has 5 aromatic rings. The lowest BCUT2D eigenvalue weighted by molar-refractivity contribution is -0.385. The molecule has 0 spiro atoms. The Morgan fingerprint density at radius 2 is 1.15 bits per heavy atom. The molecule has 21 heteroatoms. The second-order valence-electron chi connectivity index (χ2n) is 13.7. The highest BCUT2D eigenvalue weighted by atomic mass is 79.9. The lowest BCUT2D eigenvalue weighted by atomic mass is 9.97. The van der Waals surface area contributed by atoms with Crippen LogP contribution in [0.4, 0.5) is 23.0 Å². The lowest BCUT2D eigenvalue weighted by Crippen LogP contribution is -2.37. The van der Waals surface area contributed by atoms with Gasteiger partial charge in [0.15, 0.2) is 0 Å². The van der Waals surface area contributed by atoms with Gasteiger partial charge in [-0.25, -0.2) is 14.8 Å². The van der Waals surface area contributed by atoms with Gasteiger partial charge in [-0.3, -0.25) is 29.8 Å². The van der Waals surface area contributed by atoms with Crippen molar-refractivity contribution in [3.8, 4) is 29.0 Å². The second-order valence-corrected chi connectivity index (χ2v) is 14.6. The number of piperidine rings is 2. The number of carboxylic acids is 1. The number of hydrogen-bond acceptors (Lipinski definition) is 17. The molecule has 2 fully saturated rings. The molecule has 322 valence electrons. The molecule has 2 aromatic heterocycles. The number of nitrogens with zero attached hydrogens (tertiary/aromatic N) is 8. The Morgan fingerprint density at radius 1 is 0.694 bits per heavy atom. The van der Waals surface area contributed by atoms with E-state index >= 15 is 0 Å². The summed E-state index contributed by atoms with van der Waals surface area (Å²) in [4.78, 5) is 77.1. The summed E-state index contributed by atoms with van der Waals surface area (Å²) < 4.78 is 22.5. The zero-order valence-electron chi connectivity index (χ0n) is 33.1. The minimum Gasteiger partial charge on any atom is -0.481 e. The fraction of sp³-hybridized carbons (Fsp3) is 0.293. The minimum absolute atomic E-state index is 0.0762. The Morgan fingerprint density at radius 3 is 1.60 bits per heavy atom. The molecule has 62 heavy (non-hydrogen) atoms. The molecular weight excluding hydrogens is 876 g/mol. The second kappa shape index (κ2) is 20.8. The molecule has 4 heterocycles. The summed E-state index contributed by atoms with van der Waals surface area (Å²) >= 11 is 3.33. The maximum atomic E-state index is 12.2. The number of nitro groups is 2. The van der Waals surface area contributed by atoms with E-state index in [-0.39, 0.29) is 52.5 Å². The largest absolute Gasteiger partial charge is 0.481 e. The summed E-state index contributed by atoms with van der Waals surface area (Å²) in [5.74, 6) is -1.45. The molecule has 2 aliphatic rings.